The Bertz CT molecular complexity index is 777. The van der Waals surface area contributed by atoms with Crippen LogP contribution in [0, 0.1) is 0 Å². The van der Waals surface area contributed by atoms with Crippen LogP contribution >= 0.6 is 11.6 Å². The molecule has 1 N–H and O–H groups in total. The zero-order valence-corrected chi connectivity index (χ0v) is 16.6. The third-order valence-corrected chi connectivity index (χ3v) is 4.63. The molecule has 0 saturated heterocycles. The van der Waals surface area contributed by atoms with Crippen LogP contribution in [0.25, 0.3) is 0 Å². The van der Waals surface area contributed by atoms with E-state index in [0.29, 0.717) is 30.3 Å². The van der Waals surface area contributed by atoms with Crippen molar-refractivity contribution < 1.29 is 14.3 Å². The van der Waals surface area contributed by atoms with Gasteiger partial charge in [-0.15, -0.1) is 0 Å². The minimum atomic E-state index is -0.595. The highest BCUT2D eigenvalue weighted by atomic mass is 35.5. The van der Waals surface area contributed by atoms with E-state index in [4.69, 9.17) is 16.3 Å². The van der Waals surface area contributed by atoms with Gasteiger partial charge in [0.1, 0.15) is 11.8 Å². The van der Waals surface area contributed by atoms with Crippen LogP contribution in [-0.2, 0) is 22.7 Å². The predicted molar refractivity (Wildman–Crippen MR) is 107 cm³/mol. The Labute approximate surface area is 165 Å². The molecule has 27 heavy (non-hydrogen) atoms. The lowest BCUT2D eigenvalue weighted by atomic mass is 10.1. The summed E-state index contributed by atoms with van der Waals surface area (Å²) in [6.07, 6.45) is 0.331. The van der Waals surface area contributed by atoms with E-state index in [2.05, 4.69) is 5.32 Å². The quantitative estimate of drug-likeness (QED) is 0.748. The van der Waals surface area contributed by atoms with Gasteiger partial charge in [0.15, 0.2) is 0 Å². The van der Waals surface area contributed by atoms with Crippen LogP contribution in [0.5, 0.6) is 5.75 Å². The summed E-state index contributed by atoms with van der Waals surface area (Å²) < 4.78 is 5.30. The molecule has 0 aliphatic carbocycles. The van der Waals surface area contributed by atoms with Crippen molar-refractivity contribution in [2.45, 2.75) is 39.4 Å². The number of rotatable bonds is 8. The fourth-order valence-corrected chi connectivity index (χ4v) is 2.88. The molecule has 144 valence electrons. The van der Waals surface area contributed by atoms with E-state index in [1.165, 1.54) is 0 Å². The summed E-state index contributed by atoms with van der Waals surface area (Å²) in [7, 11) is 1.59. The van der Waals surface area contributed by atoms with Crippen LogP contribution in [0.15, 0.2) is 48.5 Å². The lowest BCUT2D eigenvalue weighted by molar-refractivity contribution is -0.140. The van der Waals surface area contributed by atoms with E-state index in [-0.39, 0.29) is 11.8 Å². The molecule has 0 spiro atoms. The second-order valence-corrected chi connectivity index (χ2v) is 6.64. The number of methoxy groups -OCH3 is 1. The van der Waals surface area contributed by atoms with Crippen molar-refractivity contribution in [2.75, 3.05) is 7.11 Å². The maximum atomic E-state index is 12.7. The molecule has 2 aromatic carbocycles. The Kier molecular flexibility index (Phi) is 7.67. The molecule has 0 saturated carbocycles. The number of hydrogen-bond donors (Lipinski definition) is 1. The molecule has 2 amide bonds. The molecule has 2 aromatic rings. The highest BCUT2D eigenvalue weighted by Gasteiger charge is 2.25. The van der Waals surface area contributed by atoms with Gasteiger partial charge in [-0.3, -0.25) is 9.59 Å². The van der Waals surface area contributed by atoms with Crippen LogP contribution in [0.3, 0.4) is 0 Å². The van der Waals surface area contributed by atoms with Gasteiger partial charge in [0.25, 0.3) is 0 Å². The van der Waals surface area contributed by atoms with Crippen molar-refractivity contribution in [3.8, 4) is 5.75 Å². The molecule has 0 fully saturated rings. The number of benzene rings is 2. The Balaban J connectivity index is 2.07. The first-order valence-electron chi connectivity index (χ1n) is 8.89. The van der Waals surface area contributed by atoms with E-state index < -0.39 is 6.04 Å². The van der Waals surface area contributed by atoms with Gasteiger partial charge >= 0.3 is 0 Å². The molecule has 0 heterocycles. The standard InChI is InChI=1S/C21H25ClN2O3/c1-4-20(25)24(14-16-9-11-18(22)12-10-16)15(2)21(26)23-13-17-7-5-6-8-19(17)27-3/h5-12,15H,4,13-14H2,1-3H3,(H,23,26). The monoisotopic (exact) mass is 388 g/mol. The first kappa shape index (κ1) is 20.8. The van der Waals surface area contributed by atoms with Gasteiger partial charge in [-0.05, 0) is 30.7 Å². The van der Waals surface area contributed by atoms with Gasteiger partial charge in [-0.1, -0.05) is 48.9 Å². The topological polar surface area (TPSA) is 58.6 Å². The van der Waals surface area contributed by atoms with Gasteiger partial charge < -0.3 is 15.0 Å². The Morgan fingerprint density at radius 2 is 1.81 bits per heavy atom. The van der Waals surface area contributed by atoms with Crippen LogP contribution < -0.4 is 10.1 Å². The van der Waals surface area contributed by atoms with Gasteiger partial charge in [-0.2, -0.15) is 0 Å². The number of halogens is 1. The van der Waals surface area contributed by atoms with Crippen LogP contribution in [0.4, 0.5) is 0 Å². The number of carbonyl (C=O) groups excluding carboxylic acids is 2. The van der Waals surface area contributed by atoms with Gasteiger partial charge in [0, 0.05) is 30.1 Å². The molecular weight excluding hydrogens is 364 g/mol. The van der Waals surface area contributed by atoms with Gasteiger partial charge in [0.05, 0.1) is 7.11 Å². The predicted octanol–water partition coefficient (Wildman–Crippen LogP) is 3.79. The smallest absolute Gasteiger partial charge is 0.242 e. The number of amides is 2. The van der Waals surface area contributed by atoms with E-state index in [1.54, 1.807) is 38.0 Å². The largest absolute Gasteiger partial charge is 0.496 e. The molecule has 0 bridgehead atoms. The average Bonchev–Trinajstić information content (AvgIpc) is 2.70. The first-order valence-corrected chi connectivity index (χ1v) is 9.27. The van der Waals surface area contributed by atoms with Crippen LogP contribution in [0.1, 0.15) is 31.4 Å². The van der Waals surface area contributed by atoms with Crippen molar-refractivity contribution in [3.05, 3.63) is 64.7 Å². The number of para-hydroxylation sites is 1. The van der Waals surface area contributed by atoms with Crippen LogP contribution in [-0.4, -0.2) is 29.9 Å². The summed E-state index contributed by atoms with van der Waals surface area (Å²) in [4.78, 5) is 26.6. The molecule has 1 atom stereocenters. The van der Waals surface area contributed by atoms with Crippen LogP contribution in [0.2, 0.25) is 5.02 Å². The summed E-state index contributed by atoms with van der Waals surface area (Å²) in [6.45, 7) is 4.22. The number of ether oxygens (including phenoxy) is 1. The first-order chi connectivity index (χ1) is 13.0. The number of nitrogens with zero attached hydrogens (tertiary/aromatic N) is 1. The molecular formula is C21H25ClN2O3. The highest BCUT2D eigenvalue weighted by molar-refractivity contribution is 6.30. The third kappa shape index (κ3) is 5.73. The van der Waals surface area contributed by atoms with E-state index in [9.17, 15) is 9.59 Å². The van der Waals surface area contributed by atoms with Crippen molar-refractivity contribution in [3.63, 3.8) is 0 Å². The minimum absolute atomic E-state index is 0.0788. The SMILES string of the molecule is CCC(=O)N(Cc1ccc(Cl)cc1)C(C)C(=O)NCc1ccccc1OC. The molecule has 2 rings (SSSR count). The van der Waals surface area contributed by atoms with Crippen molar-refractivity contribution in [1.29, 1.82) is 0 Å². The van der Waals surface area contributed by atoms with E-state index in [0.717, 1.165) is 11.1 Å². The molecule has 0 aliphatic rings. The second-order valence-electron chi connectivity index (χ2n) is 6.21. The Morgan fingerprint density at radius 1 is 1.15 bits per heavy atom. The third-order valence-electron chi connectivity index (χ3n) is 4.38. The molecule has 0 aliphatic heterocycles. The zero-order chi connectivity index (χ0) is 19.8. The maximum absolute atomic E-state index is 12.7. The lowest BCUT2D eigenvalue weighted by Crippen LogP contribution is -2.47. The lowest BCUT2D eigenvalue weighted by Gasteiger charge is -2.28. The number of hydrogen-bond acceptors (Lipinski definition) is 3. The zero-order valence-electron chi connectivity index (χ0n) is 15.9. The van der Waals surface area contributed by atoms with Crippen molar-refractivity contribution in [2.24, 2.45) is 0 Å². The van der Waals surface area contributed by atoms with E-state index >= 15 is 0 Å². The normalized spacial score (nSPS) is 11.6. The Morgan fingerprint density at radius 3 is 2.44 bits per heavy atom. The summed E-state index contributed by atoms with van der Waals surface area (Å²) >= 11 is 5.92. The number of carbonyl (C=O) groups is 2. The summed E-state index contributed by atoms with van der Waals surface area (Å²) in [5.74, 6) is 0.426. The summed E-state index contributed by atoms with van der Waals surface area (Å²) in [6, 6.07) is 14.2. The molecule has 1 unspecified atom stereocenters. The maximum Gasteiger partial charge on any atom is 0.242 e. The van der Waals surface area contributed by atoms with E-state index in [1.807, 2.05) is 36.4 Å². The van der Waals surface area contributed by atoms with Crippen molar-refractivity contribution in [1.82, 2.24) is 10.2 Å². The van der Waals surface area contributed by atoms with Gasteiger partial charge in [-0.25, -0.2) is 0 Å². The fraction of sp³-hybridized carbons (Fsp3) is 0.333. The summed E-state index contributed by atoms with van der Waals surface area (Å²) in [5, 5.41) is 3.53. The number of nitrogens with one attached hydrogen (secondary N) is 1. The molecule has 5 nitrogen and oxygen atoms in total. The second kappa shape index (κ2) is 9.97. The fourth-order valence-electron chi connectivity index (χ4n) is 2.75. The minimum Gasteiger partial charge on any atom is -0.496 e. The molecule has 6 heteroatoms. The van der Waals surface area contributed by atoms with Crippen molar-refractivity contribution >= 4 is 23.4 Å². The molecule has 0 aromatic heterocycles. The highest BCUT2D eigenvalue weighted by Crippen LogP contribution is 2.17. The molecule has 0 radical (unpaired) electrons. The van der Waals surface area contributed by atoms with Gasteiger partial charge in [0.2, 0.25) is 11.8 Å². The average molecular weight is 389 g/mol. The summed E-state index contributed by atoms with van der Waals surface area (Å²) in [5.41, 5.74) is 1.80. The Hall–Kier alpha value is -2.53.